The Morgan fingerprint density at radius 3 is 2.74 bits per heavy atom. The van der Waals surface area contributed by atoms with Gasteiger partial charge in [-0.05, 0) is 79.8 Å². The van der Waals surface area contributed by atoms with Gasteiger partial charge in [0.2, 0.25) is 5.91 Å². The van der Waals surface area contributed by atoms with Crippen molar-refractivity contribution >= 4 is 34.9 Å². The maximum absolute atomic E-state index is 14.0. The van der Waals surface area contributed by atoms with Crippen molar-refractivity contribution in [1.29, 1.82) is 0 Å². The molecule has 1 aromatic heterocycles. The lowest BCUT2D eigenvalue weighted by Crippen LogP contribution is -2.31. The molecular weight excluding hydrogens is 523 g/mol. The number of amides is 1. The van der Waals surface area contributed by atoms with Crippen LogP contribution in [-0.2, 0) is 17.8 Å². The van der Waals surface area contributed by atoms with Crippen molar-refractivity contribution in [3.63, 3.8) is 0 Å². The van der Waals surface area contributed by atoms with E-state index >= 15 is 0 Å². The number of ether oxygens (including phenoxy) is 1. The number of aromatic carboxylic acids is 1. The summed E-state index contributed by atoms with van der Waals surface area (Å²) in [6.07, 6.45) is 2.81. The number of carbonyl (C=O) groups is 2. The first-order chi connectivity index (χ1) is 18.8. The Morgan fingerprint density at radius 1 is 1.18 bits per heavy atom. The summed E-state index contributed by atoms with van der Waals surface area (Å²) >= 11 is 6.54. The molecule has 1 aliphatic carbocycles. The molecule has 1 saturated carbocycles. The number of fused-ring (bicyclic) bond motifs is 1. The number of carboxylic acids is 1. The minimum Gasteiger partial charge on any atom is -0.489 e. The summed E-state index contributed by atoms with van der Waals surface area (Å²) in [5.74, 6) is -0.693. The number of rotatable bonds is 7. The van der Waals surface area contributed by atoms with E-state index in [2.05, 4.69) is 5.16 Å². The Morgan fingerprint density at radius 2 is 2.00 bits per heavy atom. The van der Waals surface area contributed by atoms with Gasteiger partial charge in [-0.2, -0.15) is 0 Å². The molecule has 4 aromatic rings. The number of nitrogens with zero attached hydrogens (tertiary/aromatic N) is 2. The molecular formula is C30H24ClFN2O5. The van der Waals surface area contributed by atoms with Crippen LogP contribution in [0, 0.1) is 12.7 Å². The third-order valence-electron chi connectivity index (χ3n) is 7.20. The lowest BCUT2D eigenvalue weighted by atomic mass is 9.99. The van der Waals surface area contributed by atoms with Crippen LogP contribution < -0.4 is 9.64 Å². The van der Waals surface area contributed by atoms with Crippen LogP contribution >= 0.6 is 11.6 Å². The lowest BCUT2D eigenvalue weighted by Gasteiger charge is -2.30. The highest BCUT2D eigenvalue weighted by molar-refractivity contribution is 6.33. The van der Waals surface area contributed by atoms with Gasteiger partial charge in [-0.25, -0.2) is 9.18 Å². The molecule has 0 spiro atoms. The maximum atomic E-state index is 14.0. The van der Waals surface area contributed by atoms with Gasteiger partial charge >= 0.3 is 5.97 Å². The molecule has 7 nitrogen and oxygen atoms in total. The van der Waals surface area contributed by atoms with Gasteiger partial charge in [-0.3, -0.25) is 9.69 Å². The fourth-order valence-corrected chi connectivity index (χ4v) is 5.38. The van der Waals surface area contributed by atoms with Crippen LogP contribution in [0.15, 0.2) is 59.1 Å². The molecule has 1 N–H and O–H groups in total. The fourth-order valence-electron chi connectivity index (χ4n) is 5.07. The van der Waals surface area contributed by atoms with E-state index in [-0.39, 0.29) is 18.9 Å². The van der Waals surface area contributed by atoms with Crippen LogP contribution in [0.4, 0.5) is 15.8 Å². The normalized spacial score (nSPS) is 14.8. The minimum atomic E-state index is -1.39. The van der Waals surface area contributed by atoms with Gasteiger partial charge in [-0.15, -0.1) is 0 Å². The number of anilines is 2. The van der Waals surface area contributed by atoms with E-state index in [1.165, 1.54) is 17.0 Å². The first-order valence-corrected chi connectivity index (χ1v) is 13.0. The molecule has 3 aromatic carbocycles. The van der Waals surface area contributed by atoms with E-state index in [1.54, 1.807) is 12.1 Å². The van der Waals surface area contributed by atoms with Crippen LogP contribution in [0.1, 0.15) is 58.0 Å². The van der Waals surface area contributed by atoms with E-state index in [0.717, 1.165) is 46.9 Å². The van der Waals surface area contributed by atoms with Gasteiger partial charge in [0, 0.05) is 23.6 Å². The summed E-state index contributed by atoms with van der Waals surface area (Å²) in [6.45, 7) is 2.21. The Labute approximate surface area is 228 Å². The predicted octanol–water partition coefficient (Wildman–Crippen LogP) is 7.21. The van der Waals surface area contributed by atoms with Crippen molar-refractivity contribution in [3.8, 4) is 17.0 Å². The molecule has 1 aliphatic heterocycles. The number of halogens is 2. The Balaban J connectivity index is 1.30. The zero-order valence-corrected chi connectivity index (χ0v) is 21.8. The quantitative estimate of drug-likeness (QED) is 0.263. The molecule has 9 heteroatoms. The summed E-state index contributed by atoms with van der Waals surface area (Å²) in [5.41, 5.74) is 4.65. The monoisotopic (exact) mass is 546 g/mol. The van der Waals surface area contributed by atoms with Crippen LogP contribution in [0.5, 0.6) is 5.75 Å². The molecule has 0 saturated heterocycles. The first kappa shape index (κ1) is 25.1. The third kappa shape index (κ3) is 4.65. The van der Waals surface area contributed by atoms with Gasteiger partial charge in [0.25, 0.3) is 0 Å². The third-order valence-corrected chi connectivity index (χ3v) is 7.51. The second-order valence-electron chi connectivity index (χ2n) is 9.86. The van der Waals surface area contributed by atoms with Crippen LogP contribution in [0.2, 0.25) is 5.02 Å². The lowest BCUT2D eigenvalue weighted by molar-refractivity contribution is -0.118. The van der Waals surface area contributed by atoms with E-state index < -0.39 is 17.3 Å². The predicted molar refractivity (Wildman–Crippen MR) is 143 cm³/mol. The van der Waals surface area contributed by atoms with Gasteiger partial charge in [0.15, 0.2) is 0 Å². The summed E-state index contributed by atoms with van der Waals surface area (Å²) < 4.78 is 26.0. The number of hydrogen-bond acceptors (Lipinski definition) is 5. The average Bonchev–Trinajstić information content (AvgIpc) is 3.68. The van der Waals surface area contributed by atoms with E-state index in [0.29, 0.717) is 40.2 Å². The number of aromatic nitrogens is 1. The van der Waals surface area contributed by atoms with E-state index in [4.69, 9.17) is 20.9 Å². The zero-order valence-electron chi connectivity index (χ0n) is 21.0. The van der Waals surface area contributed by atoms with Crippen LogP contribution in [-0.4, -0.2) is 22.1 Å². The molecule has 0 bridgehead atoms. The average molecular weight is 547 g/mol. The molecule has 39 heavy (non-hydrogen) atoms. The standard InChI is InChI=1S/C30H24ClFN2O5/c1-16-3-2-4-23(31)27(16)28-22(29(39-33-28)17-5-6-17)15-38-20-9-11-25-18(13-20)7-12-26(35)34(25)19-8-10-24(32)21(14-19)30(36)37/h2-4,8-11,13-14,17H,5-7,12,15H2,1H3,(H,36,37). The molecule has 2 aliphatic rings. The molecule has 2 heterocycles. The van der Waals surface area contributed by atoms with Gasteiger partial charge < -0.3 is 14.4 Å². The topological polar surface area (TPSA) is 92.9 Å². The molecule has 0 unspecified atom stereocenters. The van der Waals surface area contributed by atoms with Crippen molar-refractivity contribution in [2.75, 3.05) is 4.90 Å². The van der Waals surface area contributed by atoms with E-state index in [9.17, 15) is 19.1 Å². The number of benzene rings is 3. The van der Waals surface area contributed by atoms with Crippen molar-refractivity contribution < 1.29 is 28.3 Å². The largest absolute Gasteiger partial charge is 0.489 e. The SMILES string of the molecule is Cc1cccc(Cl)c1-c1noc(C2CC2)c1COc1ccc2c(c1)CCC(=O)N2c1ccc(F)c(C(=O)O)c1. The maximum Gasteiger partial charge on any atom is 0.338 e. The molecule has 1 amide bonds. The first-order valence-electron chi connectivity index (χ1n) is 12.7. The number of carbonyl (C=O) groups excluding carboxylic acids is 1. The van der Waals surface area contributed by atoms with Crippen molar-refractivity contribution in [2.45, 2.75) is 45.1 Å². The Kier molecular flexibility index (Phi) is 6.35. The van der Waals surface area contributed by atoms with Crippen LogP contribution in [0.25, 0.3) is 11.3 Å². The summed E-state index contributed by atoms with van der Waals surface area (Å²) in [4.78, 5) is 25.7. The van der Waals surface area contributed by atoms with Gasteiger partial charge in [-0.1, -0.05) is 28.9 Å². The number of carboxylic acid groups (broad SMARTS) is 1. The van der Waals surface area contributed by atoms with Crippen molar-refractivity contribution in [3.05, 3.63) is 93.5 Å². The highest BCUT2D eigenvalue weighted by Gasteiger charge is 2.34. The molecule has 198 valence electrons. The zero-order chi connectivity index (χ0) is 27.3. The second kappa shape index (κ2) is 9.85. The van der Waals surface area contributed by atoms with Gasteiger partial charge in [0.05, 0.1) is 21.8 Å². The number of aryl methyl sites for hydroxylation is 2. The highest BCUT2D eigenvalue weighted by atomic mass is 35.5. The number of hydrogen-bond donors (Lipinski definition) is 1. The van der Waals surface area contributed by atoms with Gasteiger partial charge in [0.1, 0.15) is 29.6 Å². The molecule has 1 fully saturated rings. The molecule has 0 atom stereocenters. The van der Waals surface area contributed by atoms with E-state index in [1.807, 2.05) is 31.2 Å². The van der Waals surface area contributed by atoms with Crippen LogP contribution in [0.3, 0.4) is 0 Å². The van der Waals surface area contributed by atoms with Crippen molar-refractivity contribution in [2.24, 2.45) is 0 Å². The van der Waals surface area contributed by atoms with Crippen molar-refractivity contribution in [1.82, 2.24) is 5.16 Å². The molecule has 6 rings (SSSR count). The molecule has 0 radical (unpaired) electrons. The smallest absolute Gasteiger partial charge is 0.338 e. The summed E-state index contributed by atoms with van der Waals surface area (Å²) in [6, 6.07) is 14.8. The summed E-state index contributed by atoms with van der Waals surface area (Å²) in [5, 5.41) is 14.3. The highest BCUT2D eigenvalue weighted by Crippen LogP contribution is 2.45. The Bertz CT molecular complexity index is 1610. The Hall–Kier alpha value is -4.17. The fraction of sp³-hybridized carbons (Fsp3) is 0.233. The summed E-state index contributed by atoms with van der Waals surface area (Å²) in [7, 11) is 0. The second-order valence-corrected chi connectivity index (χ2v) is 10.3. The minimum absolute atomic E-state index is 0.197.